The van der Waals surface area contributed by atoms with Gasteiger partial charge in [-0.25, -0.2) is 18.7 Å². The molecule has 2 aromatic heterocycles. The van der Waals surface area contributed by atoms with Gasteiger partial charge in [0.15, 0.2) is 0 Å². The van der Waals surface area contributed by atoms with Crippen LogP contribution in [0.3, 0.4) is 0 Å². The summed E-state index contributed by atoms with van der Waals surface area (Å²) >= 11 is 0. The molecule has 0 bridgehead atoms. The second-order valence-electron chi connectivity index (χ2n) is 10.9. The van der Waals surface area contributed by atoms with Crippen LogP contribution in [-0.4, -0.2) is 59.2 Å². The summed E-state index contributed by atoms with van der Waals surface area (Å²) in [6.07, 6.45) is 3.07. The molecule has 2 aliphatic rings. The molecule has 1 aromatic carbocycles. The first-order valence-electron chi connectivity index (χ1n) is 13.7. The molecule has 9 nitrogen and oxygen atoms in total. The van der Waals surface area contributed by atoms with Crippen molar-refractivity contribution in [1.29, 1.82) is 0 Å². The van der Waals surface area contributed by atoms with E-state index in [-0.39, 0.29) is 42.0 Å². The molecule has 0 saturated heterocycles. The summed E-state index contributed by atoms with van der Waals surface area (Å²) in [7, 11) is 1.48. The number of hydrogen-bond acceptors (Lipinski definition) is 6. The van der Waals surface area contributed by atoms with Crippen molar-refractivity contribution in [3.63, 3.8) is 0 Å². The highest BCUT2D eigenvalue weighted by molar-refractivity contribution is 6.09. The van der Waals surface area contributed by atoms with Gasteiger partial charge in [0.25, 0.3) is 12.3 Å². The lowest BCUT2D eigenvalue weighted by Crippen LogP contribution is -2.48. The SMILES string of the molecule is COCC(=O)N[C@@H]1CC[C@H](NC(=O)c2c(C)[nH]c3c(-c4cc(C(F)F)ccc4OCC4CC4)ncnc23)C[C@H]1C. The summed E-state index contributed by atoms with van der Waals surface area (Å²) in [5.74, 6) is 0.716. The van der Waals surface area contributed by atoms with Crippen LogP contribution in [-0.2, 0) is 9.53 Å². The third-order valence-corrected chi connectivity index (χ3v) is 7.81. The summed E-state index contributed by atoms with van der Waals surface area (Å²) in [6.45, 7) is 4.38. The maximum atomic E-state index is 13.6. The minimum atomic E-state index is -2.65. The van der Waals surface area contributed by atoms with Crippen LogP contribution in [0.1, 0.15) is 67.1 Å². The van der Waals surface area contributed by atoms with Crippen LogP contribution in [0.15, 0.2) is 24.5 Å². The number of rotatable bonds is 10. The first-order chi connectivity index (χ1) is 19.2. The Labute approximate surface area is 231 Å². The third-order valence-electron chi connectivity index (χ3n) is 7.81. The molecule has 3 atom stereocenters. The highest BCUT2D eigenvalue weighted by Gasteiger charge is 2.31. The van der Waals surface area contributed by atoms with Crippen molar-refractivity contribution < 1.29 is 27.8 Å². The quantitative estimate of drug-likeness (QED) is 0.334. The zero-order valence-electron chi connectivity index (χ0n) is 22.9. The molecule has 11 heteroatoms. The summed E-state index contributed by atoms with van der Waals surface area (Å²) in [4.78, 5) is 37.5. The maximum absolute atomic E-state index is 13.6. The number of nitrogens with zero attached hydrogens (tertiary/aromatic N) is 2. The number of aryl methyl sites for hydroxylation is 1. The van der Waals surface area contributed by atoms with E-state index >= 15 is 0 Å². The Morgan fingerprint density at radius 1 is 1.15 bits per heavy atom. The molecular formula is C29H35F2N5O4. The van der Waals surface area contributed by atoms with Gasteiger partial charge >= 0.3 is 0 Å². The van der Waals surface area contributed by atoms with Crippen LogP contribution >= 0.6 is 0 Å². The molecular weight excluding hydrogens is 520 g/mol. The van der Waals surface area contributed by atoms with Gasteiger partial charge in [-0.2, -0.15) is 0 Å². The molecule has 40 heavy (non-hydrogen) atoms. The Morgan fingerprint density at radius 3 is 2.65 bits per heavy atom. The van der Waals surface area contributed by atoms with Gasteiger partial charge < -0.3 is 25.1 Å². The molecule has 2 fully saturated rings. The van der Waals surface area contributed by atoms with E-state index in [1.807, 2.05) is 0 Å². The zero-order chi connectivity index (χ0) is 28.4. The number of halogens is 2. The van der Waals surface area contributed by atoms with Crippen molar-refractivity contribution in [2.45, 2.75) is 64.5 Å². The van der Waals surface area contributed by atoms with E-state index in [2.05, 4.69) is 32.5 Å². The standard InChI is InChI=1S/C29H35F2N5O4/c1-15-10-19(7-8-21(15)36-23(37)13-39-3)35-29(38)24-16(2)34-27-25(32-14-33-26(24)27)20-11-18(28(30)31)6-9-22(20)40-12-17-4-5-17/h6,9,11,14-15,17,19,21,28,34H,4-5,7-8,10,12-13H2,1-3H3,(H,35,38)(H,36,37)/t15-,19+,21-/m1/s1. The van der Waals surface area contributed by atoms with Crippen LogP contribution in [0.25, 0.3) is 22.3 Å². The molecule has 5 rings (SSSR count). The maximum Gasteiger partial charge on any atom is 0.263 e. The van der Waals surface area contributed by atoms with Crippen molar-refractivity contribution >= 4 is 22.8 Å². The number of fused-ring (bicyclic) bond motifs is 1. The van der Waals surface area contributed by atoms with E-state index in [4.69, 9.17) is 9.47 Å². The molecule has 2 heterocycles. The minimum Gasteiger partial charge on any atom is -0.493 e. The molecule has 2 saturated carbocycles. The Hall–Kier alpha value is -3.60. The molecule has 2 aliphatic carbocycles. The lowest BCUT2D eigenvalue weighted by Gasteiger charge is -2.35. The van der Waals surface area contributed by atoms with E-state index in [0.717, 1.165) is 25.7 Å². The van der Waals surface area contributed by atoms with Gasteiger partial charge in [-0.3, -0.25) is 9.59 Å². The number of nitrogens with one attached hydrogen (secondary N) is 3. The predicted molar refractivity (Wildman–Crippen MR) is 145 cm³/mol. The second kappa shape index (κ2) is 11.9. The number of methoxy groups -OCH3 is 1. The number of hydrogen-bond donors (Lipinski definition) is 3. The lowest BCUT2D eigenvalue weighted by molar-refractivity contribution is -0.126. The summed E-state index contributed by atoms with van der Waals surface area (Å²) in [5.41, 5.74) is 2.61. The van der Waals surface area contributed by atoms with Crippen LogP contribution in [0.4, 0.5) is 8.78 Å². The van der Waals surface area contributed by atoms with E-state index in [9.17, 15) is 18.4 Å². The lowest BCUT2D eigenvalue weighted by atomic mass is 9.82. The first-order valence-corrected chi connectivity index (χ1v) is 13.7. The highest BCUT2D eigenvalue weighted by atomic mass is 19.3. The fraction of sp³-hybridized carbons (Fsp3) is 0.517. The van der Waals surface area contributed by atoms with Crippen LogP contribution in [0.2, 0.25) is 0 Å². The molecule has 0 unspecified atom stereocenters. The Balaban J connectivity index is 1.38. The Bertz CT molecular complexity index is 1390. The van der Waals surface area contributed by atoms with Crippen molar-refractivity contribution in [2.75, 3.05) is 20.3 Å². The Morgan fingerprint density at radius 2 is 1.95 bits per heavy atom. The van der Waals surface area contributed by atoms with Crippen molar-refractivity contribution in [3.8, 4) is 17.0 Å². The second-order valence-corrected chi connectivity index (χ2v) is 10.9. The van der Waals surface area contributed by atoms with Gasteiger partial charge in [-0.15, -0.1) is 0 Å². The first kappa shape index (κ1) is 27.9. The summed E-state index contributed by atoms with van der Waals surface area (Å²) < 4.78 is 38.1. The topological polar surface area (TPSA) is 118 Å². The molecule has 3 N–H and O–H groups in total. The van der Waals surface area contributed by atoms with E-state index in [1.165, 1.54) is 25.6 Å². The molecule has 3 aromatic rings. The van der Waals surface area contributed by atoms with Crippen molar-refractivity contribution in [2.24, 2.45) is 11.8 Å². The van der Waals surface area contributed by atoms with Crippen molar-refractivity contribution in [3.05, 3.63) is 41.3 Å². The summed E-state index contributed by atoms with van der Waals surface area (Å²) in [5, 5.41) is 6.14. The van der Waals surface area contributed by atoms with E-state index < -0.39 is 6.43 Å². The van der Waals surface area contributed by atoms with Crippen LogP contribution in [0, 0.1) is 18.8 Å². The molecule has 0 spiro atoms. The molecule has 0 radical (unpaired) electrons. The highest BCUT2D eigenvalue weighted by Crippen LogP contribution is 2.38. The summed E-state index contributed by atoms with van der Waals surface area (Å²) in [6, 6.07) is 4.30. The number of H-pyrrole nitrogens is 1. The zero-order valence-corrected chi connectivity index (χ0v) is 22.9. The third kappa shape index (κ3) is 6.09. The Kier molecular flexibility index (Phi) is 8.30. The van der Waals surface area contributed by atoms with Gasteiger partial charge in [0.05, 0.1) is 17.7 Å². The normalized spacial score (nSPS) is 21.0. The smallest absolute Gasteiger partial charge is 0.263 e. The van der Waals surface area contributed by atoms with Crippen molar-refractivity contribution in [1.82, 2.24) is 25.6 Å². The number of aromatic amines is 1. The van der Waals surface area contributed by atoms with Crippen LogP contribution < -0.4 is 15.4 Å². The molecule has 2 amide bonds. The van der Waals surface area contributed by atoms with E-state index in [0.29, 0.717) is 58.2 Å². The number of benzene rings is 1. The minimum absolute atomic E-state index is 0.0215. The fourth-order valence-electron chi connectivity index (χ4n) is 5.47. The molecule has 214 valence electrons. The largest absolute Gasteiger partial charge is 0.493 e. The number of carbonyl (C=O) groups is 2. The number of aromatic nitrogens is 3. The molecule has 0 aliphatic heterocycles. The average molecular weight is 556 g/mol. The van der Waals surface area contributed by atoms with Gasteiger partial charge in [0.2, 0.25) is 5.91 Å². The number of ether oxygens (including phenoxy) is 2. The van der Waals surface area contributed by atoms with Gasteiger partial charge in [0.1, 0.15) is 29.9 Å². The van der Waals surface area contributed by atoms with Gasteiger partial charge in [0, 0.05) is 36.0 Å². The van der Waals surface area contributed by atoms with Gasteiger partial charge in [-0.1, -0.05) is 6.92 Å². The predicted octanol–water partition coefficient (Wildman–Crippen LogP) is 4.71. The number of amides is 2. The average Bonchev–Trinajstić information content (AvgIpc) is 3.68. The number of carbonyl (C=O) groups excluding carboxylic acids is 2. The van der Waals surface area contributed by atoms with E-state index in [1.54, 1.807) is 13.0 Å². The monoisotopic (exact) mass is 555 g/mol. The van der Waals surface area contributed by atoms with Crippen LogP contribution in [0.5, 0.6) is 5.75 Å². The fourth-order valence-corrected chi connectivity index (χ4v) is 5.47. The number of alkyl halides is 2. The van der Waals surface area contributed by atoms with Gasteiger partial charge in [-0.05, 0) is 69.1 Å².